The minimum Gasteiger partial charge on any atom is -0.481 e. The highest BCUT2D eigenvalue weighted by molar-refractivity contribution is 5.94. The standard InChI is InChI=1S/C27H25N3O5/c31-24(32)15-27(13-6-14-27)30-25(33)22-11-5-12-23(28-22)29-26(34)35-16-21-19-9-3-1-7-17(19)18-8-2-4-10-20(18)21/h1-5,7-12,21H,6,13-16H2,(H,30,33)(H,31,32)(H,28,29,34). The van der Waals surface area contributed by atoms with Crippen LogP contribution in [0.4, 0.5) is 10.6 Å². The third kappa shape index (κ3) is 4.59. The summed E-state index contributed by atoms with van der Waals surface area (Å²) in [5.74, 6) is -1.31. The number of pyridine rings is 1. The monoisotopic (exact) mass is 471 g/mol. The summed E-state index contributed by atoms with van der Waals surface area (Å²) in [6.45, 7) is 0.164. The van der Waals surface area contributed by atoms with Crippen LogP contribution in [0.5, 0.6) is 0 Å². The second kappa shape index (κ2) is 9.21. The van der Waals surface area contributed by atoms with Crippen molar-refractivity contribution >= 4 is 23.8 Å². The number of carbonyl (C=O) groups excluding carboxylic acids is 2. The summed E-state index contributed by atoms with van der Waals surface area (Å²) in [7, 11) is 0. The van der Waals surface area contributed by atoms with Crippen LogP contribution in [-0.4, -0.2) is 40.2 Å². The summed E-state index contributed by atoms with van der Waals surface area (Å²) in [4.78, 5) is 40.6. The molecule has 1 heterocycles. The van der Waals surface area contributed by atoms with Crippen molar-refractivity contribution < 1.29 is 24.2 Å². The van der Waals surface area contributed by atoms with Gasteiger partial charge in [0.15, 0.2) is 0 Å². The van der Waals surface area contributed by atoms with Gasteiger partial charge < -0.3 is 15.2 Å². The fourth-order valence-electron chi connectivity index (χ4n) is 4.91. The molecule has 8 nitrogen and oxygen atoms in total. The predicted molar refractivity (Wildman–Crippen MR) is 129 cm³/mol. The molecular formula is C27H25N3O5. The van der Waals surface area contributed by atoms with E-state index < -0.39 is 23.5 Å². The first-order chi connectivity index (χ1) is 16.9. The molecule has 1 fully saturated rings. The SMILES string of the molecule is O=C(O)CC1(NC(=O)c2cccc(NC(=O)OCC3c4ccccc4-c4ccccc43)n2)CCC1. The van der Waals surface area contributed by atoms with Gasteiger partial charge in [0.1, 0.15) is 18.1 Å². The summed E-state index contributed by atoms with van der Waals surface area (Å²) in [6, 6.07) is 20.9. The molecule has 3 aromatic rings. The molecule has 0 spiro atoms. The third-order valence-electron chi connectivity index (χ3n) is 6.73. The lowest BCUT2D eigenvalue weighted by Gasteiger charge is -2.41. The van der Waals surface area contributed by atoms with Crippen LogP contribution >= 0.6 is 0 Å². The molecule has 0 aliphatic heterocycles. The number of hydrogen-bond acceptors (Lipinski definition) is 5. The van der Waals surface area contributed by atoms with Crippen LogP contribution in [0, 0.1) is 0 Å². The van der Waals surface area contributed by atoms with Gasteiger partial charge in [-0.3, -0.25) is 14.9 Å². The number of ether oxygens (including phenoxy) is 1. The van der Waals surface area contributed by atoms with E-state index in [1.807, 2.05) is 36.4 Å². The van der Waals surface area contributed by atoms with Crippen molar-refractivity contribution in [1.82, 2.24) is 10.3 Å². The first-order valence-electron chi connectivity index (χ1n) is 11.6. The van der Waals surface area contributed by atoms with Gasteiger partial charge in [0.25, 0.3) is 5.91 Å². The maximum absolute atomic E-state index is 12.7. The van der Waals surface area contributed by atoms with Crippen molar-refractivity contribution in [2.45, 2.75) is 37.1 Å². The van der Waals surface area contributed by atoms with Crippen LogP contribution in [0.2, 0.25) is 0 Å². The minimum atomic E-state index is -0.955. The van der Waals surface area contributed by atoms with Crippen molar-refractivity contribution in [3.05, 3.63) is 83.6 Å². The summed E-state index contributed by atoms with van der Waals surface area (Å²) >= 11 is 0. The Labute approximate surface area is 202 Å². The molecule has 0 radical (unpaired) electrons. The maximum atomic E-state index is 12.7. The van der Waals surface area contributed by atoms with Gasteiger partial charge >= 0.3 is 12.1 Å². The zero-order chi connectivity index (χ0) is 24.4. The average molecular weight is 472 g/mol. The number of amides is 2. The highest BCUT2D eigenvalue weighted by Gasteiger charge is 2.40. The molecule has 2 amide bonds. The van der Waals surface area contributed by atoms with Crippen molar-refractivity contribution in [2.24, 2.45) is 0 Å². The quantitative estimate of drug-likeness (QED) is 0.465. The molecule has 5 rings (SSSR count). The van der Waals surface area contributed by atoms with Gasteiger partial charge in [-0.2, -0.15) is 0 Å². The average Bonchev–Trinajstić information content (AvgIpc) is 3.15. The number of aromatic nitrogens is 1. The lowest BCUT2D eigenvalue weighted by Crippen LogP contribution is -2.54. The van der Waals surface area contributed by atoms with Crippen LogP contribution in [0.25, 0.3) is 11.1 Å². The van der Waals surface area contributed by atoms with Crippen LogP contribution in [0.3, 0.4) is 0 Å². The molecule has 0 atom stereocenters. The van der Waals surface area contributed by atoms with Gasteiger partial charge in [0.2, 0.25) is 0 Å². The van der Waals surface area contributed by atoms with Crippen LogP contribution < -0.4 is 10.6 Å². The molecule has 1 saturated carbocycles. The molecule has 0 bridgehead atoms. The summed E-state index contributed by atoms with van der Waals surface area (Å²) < 4.78 is 5.54. The number of benzene rings is 2. The largest absolute Gasteiger partial charge is 0.481 e. The Morgan fingerprint density at radius 2 is 1.60 bits per heavy atom. The zero-order valence-corrected chi connectivity index (χ0v) is 19.0. The van der Waals surface area contributed by atoms with Crippen LogP contribution in [0.1, 0.15) is 53.2 Å². The lowest BCUT2D eigenvalue weighted by atomic mass is 9.74. The van der Waals surface area contributed by atoms with E-state index in [1.54, 1.807) is 12.1 Å². The van der Waals surface area contributed by atoms with Crippen LogP contribution in [-0.2, 0) is 9.53 Å². The molecule has 35 heavy (non-hydrogen) atoms. The summed E-state index contributed by atoms with van der Waals surface area (Å²) in [6.07, 6.45) is 1.30. The Morgan fingerprint density at radius 1 is 0.943 bits per heavy atom. The van der Waals surface area contributed by atoms with Gasteiger partial charge in [0, 0.05) is 5.92 Å². The Morgan fingerprint density at radius 3 is 2.20 bits per heavy atom. The molecule has 1 aromatic heterocycles. The van der Waals surface area contributed by atoms with E-state index in [0.29, 0.717) is 12.8 Å². The van der Waals surface area contributed by atoms with Crippen molar-refractivity contribution in [1.29, 1.82) is 0 Å². The fraction of sp³-hybridized carbons (Fsp3) is 0.259. The molecule has 8 heteroatoms. The van der Waals surface area contributed by atoms with Crippen molar-refractivity contribution in [3.63, 3.8) is 0 Å². The second-order valence-corrected chi connectivity index (χ2v) is 9.02. The Kier molecular flexibility index (Phi) is 5.94. The fourth-order valence-corrected chi connectivity index (χ4v) is 4.91. The highest BCUT2D eigenvalue weighted by atomic mass is 16.5. The number of nitrogens with zero attached hydrogens (tertiary/aromatic N) is 1. The number of anilines is 1. The summed E-state index contributed by atoms with van der Waals surface area (Å²) in [5, 5.41) is 14.5. The first kappa shape index (κ1) is 22.6. The van der Waals surface area contributed by atoms with Crippen LogP contribution in [0.15, 0.2) is 66.7 Å². The number of carboxylic acids is 1. The second-order valence-electron chi connectivity index (χ2n) is 9.02. The molecule has 178 valence electrons. The topological polar surface area (TPSA) is 118 Å². The Balaban J connectivity index is 1.22. The van der Waals surface area contributed by atoms with E-state index in [1.165, 1.54) is 6.07 Å². The molecule has 2 aromatic carbocycles. The van der Waals surface area contributed by atoms with Crippen molar-refractivity contribution in [2.75, 3.05) is 11.9 Å². The first-order valence-corrected chi connectivity index (χ1v) is 11.6. The number of carboxylic acid groups (broad SMARTS) is 1. The van der Waals surface area contributed by atoms with Gasteiger partial charge in [0.05, 0.1) is 12.0 Å². The number of hydrogen-bond donors (Lipinski definition) is 3. The highest BCUT2D eigenvalue weighted by Crippen LogP contribution is 2.44. The van der Waals surface area contributed by atoms with Gasteiger partial charge in [-0.1, -0.05) is 54.6 Å². The number of aliphatic carboxylic acids is 1. The smallest absolute Gasteiger partial charge is 0.412 e. The molecule has 0 saturated heterocycles. The van der Waals surface area contributed by atoms with Gasteiger partial charge in [-0.15, -0.1) is 0 Å². The van der Waals surface area contributed by atoms with E-state index in [0.717, 1.165) is 28.7 Å². The molecule has 2 aliphatic carbocycles. The Bertz CT molecular complexity index is 1260. The summed E-state index contributed by atoms with van der Waals surface area (Å²) in [5.41, 5.74) is 3.88. The van der Waals surface area contributed by atoms with E-state index in [-0.39, 0.29) is 30.5 Å². The maximum Gasteiger partial charge on any atom is 0.412 e. The van der Waals surface area contributed by atoms with Crippen molar-refractivity contribution in [3.8, 4) is 11.1 Å². The lowest BCUT2D eigenvalue weighted by molar-refractivity contribution is -0.139. The zero-order valence-electron chi connectivity index (χ0n) is 19.0. The molecular weight excluding hydrogens is 446 g/mol. The minimum absolute atomic E-state index is 0.0638. The van der Waals surface area contributed by atoms with Gasteiger partial charge in [-0.25, -0.2) is 9.78 Å². The molecule has 3 N–H and O–H groups in total. The predicted octanol–water partition coefficient (Wildman–Crippen LogP) is 4.57. The number of nitrogens with one attached hydrogen (secondary N) is 2. The molecule has 0 unspecified atom stereocenters. The number of rotatable bonds is 7. The van der Waals surface area contributed by atoms with Gasteiger partial charge in [-0.05, 0) is 53.6 Å². The van der Waals surface area contributed by atoms with E-state index in [2.05, 4.69) is 27.8 Å². The molecule has 2 aliphatic rings. The normalized spacial score (nSPS) is 15.3. The number of carbonyl (C=O) groups is 3. The van der Waals surface area contributed by atoms with E-state index >= 15 is 0 Å². The Hall–Kier alpha value is -4.20. The third-order valence-corrected chi connectivity index (χ3v) is 6.73. The number of fused-ring (bicyclic) bond motifs is 3. The van der Waals surface area contributed by atoms with E-state index in [9.17, 15) is 14.4 Å². The van der Waals surface area contributed by atoms with E-state index in [4.69, 9.17) is 9.84 Å².